The van der Waals surface area contributed by atoms with Crippen LogP contribution in [0.1, 0.15) is 18.1 Å². The molecule has 29 heavy (non-hydrogen) atoms. The Morgan fingerprint density at radius 2 is 1.86 bits per heavy atom. The Hall–Kier alpha value is -1.86. The Balaban J connectivity index is 1.88. The molecular weight excluding hydrogens is 457 g/mol. The molecule has 2 amide bonds. The van der Waals surface area contributed by atoms with Gasteiger partial charge in [0.1, 0.15) is 0 Å². The maximum atomic E-state index is 12.8. The summed E-state index contributed by atoms with van der Waals surface area (Å²) in [6.07, 6.45) is 1.60. The number of benzene rings is 2. The Morgan fingerprint density at radius 3 is 2.52 bits per heavy atom. The van der Waals surface area contributed by atoms with E-state index in [-0.39, 0.29) is 16.7 Å². The summed E-state index contributed by atoms with van der Waals surface area (Å²) in [4.78, 5) is 26.6. The molecule has 0 aromatic heterocycles. The molecule has 1 heterocycles. The summed E-state index contributed by atoms with van der Waals surface area (Å²) in [7, 11) is 1.50. The molecular formula is C20H16Cl3NO4S. The van der Waals surface area contributed by atoms with Crippen LogP contribution in [0.3, 0.4) is 0 Å². The van der Waals surface area contributed by atoms with Gasteiger partial charge in [-0.05, 0) is 60.2 Å². The predicted octanol–water partition coefficient (Wildman–Crippen LogP) is 6.29. The van der Waals surface area contributed by atoms with E-state index in [1.54, 1.807) is 36.4 Å². The van der Waals surface area contributed by atoms with Gasteiger partial charge in [0.05, 0.1) is 30.2 Å². The van der Waals surface area contributed by atoms with Crippen LogP contribution in [0.5, 0.6) is 11.5 Å². The van der Waals surface area contributed by atoms with Crippen LogP contribution in [0.25, 0.3) is 6.08 Å². The first kappa shape index (κ1) is 21.8. The fourth-order valence-electron chi connectivity index (χ4n) is 2.74. The van der Waals surface area contributed by atoms with Crippen molar-refractivity contribution in [3.8, 4) is 11.5 Å². The maximum Gasteiger partial charge on any atom is 0.293 e. The van der Waals surface area contributed by atoms with Crippen LogP contribution in [0.4, 0.5) is 4.79 Å². The molecule has 152 valence electrons. The number of carbonyl (C=O) groups excluding carboxylic acids is 2. The number of nitrogens with zero attached hydrogens (tertiary/aromatic N) is 1. The lowest BCUT2D eigenvalue weighted by atomic mass is 10.1. The van der Waals surface area contributed by atoms with Crippen LogP contribution in [-0.2, 0) is 11.3 Å². The van der Waals surface area contributed by atoms with E-state index >= 15 is 0 Å². The van der Waals surface area contributed by atoms with E-state index in [0.717, 1.165) is 16.7 Å². The number of methoxy groups -OCH3 is 1. The molecule has 2 aromatic carbocycles. The van der Waals surface area contributed by atoms with Gasteiger partial charge in [-0.3, -0.25) is 14.5 Å². The molecule has 0 unspecified atom stereocenters. The highest BCUT2D eigenvalue weighted by molar-refractivity contribution is 8.18. The van der Waals surface area contributed by atoms with Crippen LogP contribution in [0.15, 0.2) is 35.2 Å². The standard InChI is InChI=1S/C20H16Cl3NO4S/c1-3-28-16-7-11(6-15(23)18(16)27-2)8-17-19(25)24(20(26)29-17)10-12-4-5-13(21)9-14(12)22/h4-9H,3,10H2,1-2H3/b17-8-. The van der Waals surface area contributed by atoms with Gasteiger partial charge in [-0.1, -0.05) is 40.9 Å². The third-order valence-electron chi connectivity index (χ3n) is 4.05. The SMILES string of the molecule is CCOc1cc(/C=C2\SC(=O)N(Cc3ccc(Cl)cc3Cl)C2=O)cc(Cl)c1OC. The molecule has 0 saturated carbocycles. The summed E-state index contributed by atoms with van der Waals surface area (Å²) in [6.45, 7) is 2.33. The molecule has 1 aliphatic heterocycles. The number of hydrogen-bond donors (Lipinski definition) is 0. The molecule has 1 saturated heterocycles. The van der Waals surface area contributed by atoms with Crippen molar-refractivity contribution in [1.29, 1.82) is 0 Å². The van der Waals surface area contributed by atoms with Crippen molar-refractivity contribution >= 4 is 63.8 Å². The minimum atomic E-state index is -0.407. The summed E-state index contributed by atoms with van der Waals surface area (Å²) in [6, 6.07) is 8.27. The van der Waals surface area contributed by atoms with Crippen LogP contribution >= 0.6 is 46.6 Å². The molecule has 9 heteroatoms. The van der Waals surface area contributed by atoms with E-state index in [9.17, 15) is 9.59 Å². The van der Waals surface area contributed by atoms with Gasteiger partial charge in [-0.25, -0.2) is 0 Å². The minimum absolute atomic E-state index is 0.0611. The normalized spacial score (nSPS) is 15.3. The Morgan fingerprint density at radius 1 is 1.10 bits per heavy atom. The second kappa shape index (κ2) is 9.30. The van der Waals surface area contributed by atoms with Gasteiger partial charge in [-0.15, -0.1) is 0 Å². The van der Waals surface area contributed by atoms with E-state index in [0.29, 0.717) is 44.3 Å². The molecule has 0 aliphatic carbocycles. The van der Waals surface area contributed by atoms with Crippen molar-refractivity contribution in [2.24, 2.45) is 0 Å². The zero-order valence-electron chi connectivity index (χ0n) is 15.5. The maximum absolute atomic E-state index is 12.8. The van der Waals surface area contributed by atoms with Crippen molar-refractivity contribution in [2.75, 3.05) is 13.7 Å². The topological polar surface area (TPSA) is 55.8 Å². The van der Waals surface area contributed by atoms with Crippen molar-refractivity contribution in [3.05, 3.63) is 61.4 Å². The van der Waals surface area contributed by atoms with Crippen LogP contribution < -0.4 is 9.47 Å². The summed E-state index contributed by atoms with van der Waals surface area (Å²) in [5, 5.41) is 0.840. The molecule has 0 N–H and O–H groups in total. The highest BCUT2D eigenvalue weighted by Gasteiger charge is 2.35. The smallest absolute Gasteiger partial charge is 0.293 e. The number of halogens is 3. The molecule has 3 rings (SSSR count). The Bertz CT molecular complexity index is 1010. The zero-order chi connectivity index (χ0) is 21.1. The molecule has 0 radical (unpaired) electrons. The molecule has 2 aromatic rings. The van der Waals surface area contributed by atoms with Gasteiger partial charge in [0.2, 0.25) is 0 Å². The van der Waals surface area contributed by atoms with Gasteiger partial charge in [0.15, 0.2) is 11.5 Å². The quantitative estimate of drug-likeness (QED) is 0.462. The van der Waals surface area contributed by atoms with Gasteiger partial charge < -0.3 is 9.47 Å². The monoisotopic (exact) mass is 471 g/mol. The molecule has 0 atom stereocenters. The first-order valence-corrected chi connectivity index (χ1v) is 10.5. The molecule has 0 spiro atoms. The van der Waals surface area contributed by atoms with Crippen LogP contribution in [0, 0.1) is 0 Å². The Labute approximate surface area is 187 Å². The fraction of sp³-hybridized carbons (Fsp3) is 0.200. The van der Waals surface area contributed by atoms with E-state index < -0.39 is 5.91 Å². The number of ether oxygens (including phenoxy) is 2. The fourth-order valence-corrected chi connectivity index (χ4v) is 4.34. The minimum Gasteiger partial charge on any atom is -0.491 e. The van der Waals surface area contributed by atoms with E-state index in [4.69, 9.17) is 44.3 Å². The second-order valence-electron chi connectivity index (χ2n) is 5.97. The average molecular weight is 473 g/mol. The lowest BCUT2D eigenvalue weighted by Gasteiger charge is -2.14. The summed E-state index contributed by atoms with van der Waals surface area (Å²) >= 11 is 19.2. The third kappa shape index (κ3) is 4.83. The van der Waals surface area contributed by atoms with Crippen molar-refractivity contribution in [3.63, 3.8) is 0 Å². The van der Waals surface area contributed by atoms with Crippen molar-refractivity contribution < 1.29 is 19.1 Å². The van der Waals surface area contributed by atoms with Gasteiger partial charge >= 0.3 is 0 Å². The predicted molar refractivity (Wildman–Crippen MR) is 117 cm³/mol. The molecule has 1 fully saturated rings. The van der Waals surface area contributed by atoms with Gasteiger partial charge in [0.25, 0.3) is 11.1 Å². The second-order valence-corrected chi connectivity index (χ2v) is 8.21. The average Bonchev–Trinajstić information content (AvgIpc) is 2.91. The largest absolute Gasteiger partial charge is 0.491 e. The summed E-state index contributed by atoms with van der Waals surface area (Å²) in [5.41, 5.74) is 1.25. The number of hydrogen-bond acceptors (Lipinski definition) is 5. The molecule has 0 bridgehead atoms. The number of rotatable bonds is 6. The van der Waals surface area contributed by atoms with E-state index in [1.807, 2.05) is 6.92 Å². The lowest BCUT2D eigenvalue weighted by molar-refractivity contribution is -0.123. The first-order chi connectivity index (χ1) is 13.8. The highest BCUT2D eigenvalue weighted by Crippen LogP contribution is 2.39. The van der Waals surface area contributed by atoms with E-state index in [1.165, 1.54) is 7.11 Å². The zero-order valence-corrected chi connectivity index (χ0v) is 18.6. The van der Waals surface area contributed by atoms with Crippen molar-refractivity contribution in [2.45, 2.75) is 13.5 Å². The third-order valence-corrected chi connectivity index (χ3v) is 5.83. The van der Waals surface area contributed by atoms with Gasteiger partial charge in [0, 0.05) is 10.0 Å². The summed E-state index contributed by atoms with van der Waals surface area (Å²) < 4.78 is 10.8. The highest BCUT2D eigenvalue weighted by atomic mass is 35.5. The van der Waals surface area contributed by atoms with Crippen molar-refractivity contribution in [1.82, 2.24) is 4.90 Å². The van der Waals surface area contributed by atoms with E-state index in [2.05, 4.69) is 0 Å². The molecule has 5 nitrogen and oxygen atoms in total. The number of amides is 2. The molecule has 1 aliphatic rings. The summed E-state index contributed by atoms with van der Waals surface area (Å²) in [5.74, 6) is 0.466. The van der Waals surface area contributed by atoms with Crippen LogP contribution in [-0.4, -0.2) is 29.8 Å². The Kier molecular flexibility index (Phi) is 7.01. The number of imide groups is 1. The first-order valence-electron chi connectivity index (χ1n) is 8.53. The number of carbonyl (C=O) groups is 2. The number of thioether (sulfide) groups is 1. The van der Waals surface area contributed by atoms with Gasteiger partial charge in [-0.2, -0.15) is 0 Å². The van der Waals surface area contributed by atoms with Crippen LogP contribution in [0.2, 0.25) is 15.1 Å². The lowest BCUT2D eigenvalue weighted by Crippen LogP contribution is -2.27.